The third-order valence-corrected chi connectivity index (χ3v) is 2.35. The summed E-state index contributed by atoms with van der Waals surface area (Å²) < 4.78 is 1.14. The summed E-state index contributed by atoms with van der Waals surface area (Å²) in [5, 5.41) is 19.4. The zero-order chi connectivity index (χ0) is 10.6. The SMILES string of the molecule is NC(=O)O.Oc1cccc2sccc12. The van der Waals surface area contributed by atoms with E-state index in [1.807, 2.05) is 23.6 Å². The number of thiophene rings is 1. The largest absolute Gasteiger partial charge is 0.507 e. The van der Waals surface area contributed by atoms with Crippen LogP contribution in [0.25, 0.3) is 10.1 Å². The van der Waals surface area contributed by atoms with Gasteiger partial charge in [0.25, 0.3) is 0 Å². The van der Waals surface area contributed by atoms with E-state index in [4.69, 9.17) is 9.90 Å². The van der Waals surface area contributed by atoms with Crippen LogP contribution in [0, 0.1) is 0 Å². The van der Waals surface area contributed by atoms with Gasteiger partial charge in [0.1, 0.15) is 5.75 Å². The first-order chi connectivity index (χ1) is 6.61. The highest BCUT2D eigenvalue weighted by Gasteiger charge is 1.96. The molecule has 0 aliphatic heterocycles. The molecule has 0 unspecified atom stereocenters. The molecule has 0 fully saturated rings. The highest BCUT2D eigenvalue weighted by molar-refractivity contribution is 7.17. The van der Waals surface area contributed by atoms with Gasteiger partial charge in [-0.05, 0) is 23.6 Å². The maximum absolute atomic E-state index is 9.27. The highest BCUT2D eigenvalue weighted by Crippen LogP contribution is 2.27. The third kappa shape index (κ3) is 2.63. The van der Waals surface area contributed by atoms with Crippen LogP contribution in [-0.4, -0.2) is 16.3 Å². The van der Waals surface area contributed by atoms with Crippen molar-refractivity contribution >= 4 is 27.5 Å². The number of carboxylic acid groups (broad SMARTS) is 1. The second kappa shape index (κ2) is 4.48. The first-order valence-electron chi connectivity index (χ1n) is 3.75. The summed E-state index contributed by atoms with van der Waals surface area (Å²) >= 11 is 1.64. The van der Waals surface area contributed by atoms with Crippen molar-refractivity contribution in [1.29, 1.82) is 0 Å². The number of primary amides is 1. The molecule has 0 aliphatic carbocycles. The van der Waals surface area contributed by atoms with Crippen LogP contribution in [0.4, 0.5) is 4.79 Å². The maximum atomic E-state index is 9.27. The molecule has 0 spiro atoms. The van der Waals surface area contributed by atoms with E-state index >= 15 is 0 Å². The molecule has 0 saturated heterocycles. The van der Waals surface area contributed by atoms with Gasteiger partial charge in [0.05, 0.1) is 0 Å². The van der Waals surface area contributed by atoms with Gasteiger partial charge in [0.15, 0.2) is 0 Å². The number of hydrogen-bond donors (Lipinski definition) is 3. The van der Waals surface area contributed by atoms with Gasteiger partial charge in [-0.3, -0.25) is 0 Å². The van der Waals surface area contributed by atoms with Crippen LogP contribution in [0.1, 0.15) is 0 Å². The van der Waals surface area contributed by atoms with Crippen LogP contribution in [-0.2, 0) is 0 Å². The van der Waals surface area contributed by atoms with Crippen molar-refractivity contribution in [2.45, 2.75) is 0 Å². The number of benzene rings is 1. The van der Waals surface area contributed by atoms with Gasteiger partial charge >= 0.3 is 6.09 Å². The molecule has 4 nitrogen and oxygen atoms in total. The van der Waals surface area contributed by atoms with Crippen molar-refractivity contribution in [3.63, 3.8) is 0 Å². The number of hydrogen-bond acceptors (Lipinski definition) is 3. The lowest BCUT2D eigenvalue weighted by Gasteiger charge is -1.90. The normalized spacial score (nSPS) is 9.14. The first-order valence-corrected chi connectivity index (χ1v) is 4.63. The number of fused-ring (bicyclic) bond motifs is 1. The Hall–Kier alpha value is -1.75. The molecule has 4 N–H and O–H groups in total. The molecule has 2 aromatic rings. The van der Waals surface area contributed by atoms with E-state index in [0.29, 0.717) is 5.75 Å². The molecule has 1 heterocycles. The maximum Gasteiger partial charge on any atom is 0.402 e. The number of carbonyl (C=O) groups is 1. The van der Waals surface area contributed by atoms with Gasteiger partial charge in [-0.2, -0.15) is 0 Å². The minimum atomic E-state index is -1.33. The van der Waals surface area contributed by atoms with E-state index in [1.165, 1.54) is 0 Å². The number of phenols is 1. The molecule has 0 bridgehead atoms. The van der Waals surface area contributed by atoms with Crippen LogP contribution in [0.3, 0.4) is 0 Å². The average molecular weight is 211 g/mol. The Balaban J connectivity index is 0.000000213. The Morgan fingerprint density at radius 2 is 2.00 bits per heavy atom. The molecular weight excluding hydrogens is 202 g/mol. The quantitative estimate of drug-likeness (QED) is 0.624. The number of nitrogens with two attached hydrogens (primary N) is 1. The molecule has 74 valence electrons. The Kier molecular flexibility index (Phi) is 3.30. The molecule has 0 aliphatic rings. The van der Waals surface area contributed by atoms with Gasteiger partial charge in [-0.1, -0.05) is 6.07 Å². The third-order valence-electron chi connectivity index (χ3n) is 1.47. The van der Waals surface area contributed by atoms with Crippen LogP contribution in [0.15, 0.2) is 29.6 Å². The summed E-state index contributed by atoms with van der Waals surface area (Å²) in [6, 6.07) is 7.48. The summed E-state index contributed by atoms with van der Waals surface area (Å²) in [6.45, 7) is 0. The molecule has 2 rings (SSSR count). The minimum Gasteiger partial charge on any atom is -0.507 e. The molecule has 1 amide bonds. The molecule has 1 aromatic carbocycles. The lowest BCUT2D eigenvalue weighted by molar-refractivity contribution is 0.205. The number of aromatic hydroxyl groups is 1. The summed E-state index contributed by atoms with van der Waals surface area (Å²) in [4.78, 5) is 8.78. The Morgan fingerprint density at radius 3 is 2.57 bits per heavy atom. The molecular formula is C9H9NO3S. The minimum absolute atomic E-state index is 0.374. The predicted molar refractivity (Wildman–Crippen MR) is 55.7 cm³/mol. The fraction of sp³-hybridized carbons (Fsp3) is 0. The van der Waals surface area contributed by atoms with Crippen molar-refractivity contribution in [3.05, 3.63) is 29.6 Å². The van der Waals surface area contributed by atoms with Crippen molar-refractivity contribution in [1.82, 2.24) is 0 Å². The fourth-order valence-electron chi connectivity index (χ4n) is 0.978. The second-order valence-electron chi connectivity index (χ2n) is 2.45. The lowest BCUT2D eigenvalue weighted by Crippen LogP contribution is -2.03. The lowest BCUT2D eigenvalue weighted by atomic mass is 10.2. The van der Waals surface area contributed by atoms with E-state index < -0.39 is 6.09 Å². The van der Waals surface area contributed by atoms with Crippen LogP contribution < -0.4 is 5.73 Å². The van der Waals surface area contributed by atoms with Gasteiger partial charge in [0, 0.05) is 10.1 Å². The van der Waals surface area contributed by atoms with E-state index in [-0.39, 0.29) is 0 Å². The summed E-state index contributed by atoms with van der Waals surface area (Å²) in [5.74, 6) is 0.374. The monoisotopic (exact) mass is 211 g/mol. The predicted octanol–water partition coefficient (Wildman–Crippen LogP) is 2.23. The van der Waals surface area contributed by atoms with Crippen molar-refractivity contribution < 1.29 is 15.0 Å². The topological polar surface area (TPSA) is 83.6 Å². The molecule has 5 heteroatoms. The van der Waals surface area contributed by atoms with E-state index in [0.717, 1.165) is 10.1 Å². The highest BCUT2D eigenvalue weighted by atomic mass is 32.1. The van der Waals surface area contributed by atoms with Crippen molar-refractivity contribution in [2.75, 3.05) is 0 Å². The summed E-state index contributed by atoms with van der Waals surface area (Å²) in [5.41, 5.74) is 4.03. The van der Waals surface area contributed by atoms with E-state index in [2.05, 4.69) is 5.73 Å². The summed E-state index contributed by atoms with van der Waals surface area (Å²) in [6.07, 6.45) is -1.33. The Morgan fingerprint density at radius 1 is 1.36 bits per heavy atom. The average Bonchev–Trinajstić information content (AvgIpc) is 2.52. The van der Waals surface area contributed by atoms with Gasteiger partial charge < -0.3 is 15.9 Å². The molecule has 1 aromatic heterocycles. The number of rotatable bonds is 0. The smallest absolute Gasteiger partial charge is 0.402 e. The zero-order valence-corrected chi connectivity index (χ0v) is 7.99. The Bertz CT molecular complexity index is 434. The standard InChI is InChI=1S/C8H6OS.CH3NO2/c9-7-2-1-3-8-6(7)4-5-10-8;2-1(3)4/h1-5,9H;2H2,(H,3,4). The van der Waals surface area contributed by atoms with E-state index in [9.17, 15) is 5.11 Å². The molecule has 14 heavy (non-hydrogen) atoms. The van der Waals surface area contributed by atoms with Gasteiger partial charge in [-0.15, -0.1) is 11.3 Å². The number of phenolic OH excluding ortho intramolecular Hbond substituents is 1. The van der Waals surface area contributed by atoms with Crippen molar-refractivity contribution in [3.8, 4) is 5.75 Å². The van der Waals surface area contributed by atoms with Gasteiger partial charge in [0.2, 0.25) is 0 Å². The van der Waals surface area contributed by atoms with Crippen molar-refractivity contribution in [2.24, 2.45) is 5.73 Å². The number of amides is 1. The van der Waals surface area contributed by atoms with Crippen LogP contribution >= 0.6 is 11.3 Å². The zero-order valence-electron chi connectivity index (χ0n) is 7.18. The van der Waals surface area contributed by atoms with Crippen LogP contribution in [0.5, 0.6) is 5.75 Å². The molecule has 0 saturated carbocycles. The summed E-state index contributed by atoms with van der Waals surface area (Å²) in [7, 11) is 0. The first kappa shape index (κ1) is 10.3. The fourth-order valence-corrected chi connectivity index (χ4v) is 1.79. The van der Waals surface area contributed by atoms with E-state index in [1.54, 1.807) is 17.4 Å². The Labute approximate surface area is 84.2 Å². The molecule has 0 atom stereocenters. The van der Waals surface area contributed by atoms with Crippen LogP contribution in [0.2, 0.25) is 0 Å². The second-order valence-corrected chi connectivity index (χ2v) is 3.40. The van der Waals surface area contributed by atoms with Gasteiger partial charge in [-0.25, -0.2) is 4.79 Å². The molecule has 0 radical (unpaired) electrons.